The summed E-state index contributed by atoms with van der Waals surface area (Å²) in [5, 5.41) is 7.01. The van der Waals surface area contributed by atoms with Crippen LogP contribution in [0.25, 0.3) is 0 Å². The second-order valence-corrected chi connectivity index (χ2v) is 9.54. The number of ether oxygens (including phenoxy) is 1. The number of hydrogen-bond donors (Lipinski definition) is 2. The first kappa shape index (κ1) is 21.3. The highest BCUT2D eigenvalue weighted by Crippen LogP contribution is 2.32. The molecule has 174 valence electrons. The molecule has 6 rings (SSSR count). The molecule has 4 heterocycles. The van der Waals surface area contributed by atoms with Gasteiger partial charge in [0.25, 0.3) is 0 Å². The summed E-state index contributed by atoms with van der Waals surface area (Å²) >= 11 is 5.56. The molecular weight excluding hydrogens is 444 g/mol. The zero-order valence-corrected chi connectivity index (χ0v) is 19.9. The predicted octanol–water partition coefficient (Wildman–Crippen LogP) is 3.98. The molecule has 2 aromatic carbocycles. The highest BCUT2D eigenvalue weighted by atomic mass is 32.1. The molecule has 7 nitrogen and oxygen atoms in total. The van der Waals surface area contributed by atoms with Crippen LogP contribution in [-0.2, 0) is 30.9 Å². The first-order valence-electron chi connectivity index (χ1n) is 11.9. The summed E-state index contributed by atoms with van der Waals surface area (Å²) in [7, 11) is 0. The number of hydrogen-bond acceptors (Lipinski definition) is 6. The Labute approximate surface area is 205 Å². The summed E-state index contributed by atoms with van der Waals surface area (Å²) in [6, 6.07) is 19.3. The van der Waals surface area contributed by atoms with E-state index in [0.29, 0.717) is 17.6 Å². The van der Waals surface area contributed by atoms with E-state index in [1.54, 1.807) is 0 Å². The molecule has 3 aliphatic heterocycles. The van der Waals surface area contributed by atoms with Crippen molar-refractivity contribution in [3.63, 3.8) is 0 Å². The second kappa shape index (κ2) is 9.19. The van der Waals surface area contributed by atoms with Gasteiger partial charge in [-0.15, -0.1) is 0 Å². The van der Waals surface area contributed by atoms with Crippen molar-refractivity contribution in [3.8, 4) is 0 Å². The van der Waals surface area contributed by atoms with Crippen LogP contribution in [0, 0.1) is 0 Å². The summed E-state index contributed by atoms with van der Waals surface area (Å²) in [5.41, 5.74) is 5.39. The first-order valence-corrected chi connectivity index (χ1v) is 12.3. The van der Waals surface area contributed by atoms with E-state index in [1.165, 1.54) is 22.3 Å². The molecule has 1 saturated heterocycles. The fourth-order valence-corrected chi connectivity index (χ4v) is 5.12. The van der Waals surface area contributed by atoms with Crippen molar-refractivity contribution in [1.82, 2.24) is 15.3 Å². The minimum absolute atomic E-state index is 0.216. The van der Waals surface area contributed by atoms with E-state index in [2.05, 4.69) is 75.0 Å². The van der Waals surface area contributed by atoms with Gasteiger partial charge in [-0.3, -0.25) is 0 Å². The SMILES string of the molecule is S=C(NC[C@@H]1CCCO1)Nc1nc(N2Cc3ccccc3C2)cc(N2Cc3ccccc3C2)n1. The van der Waals surface area contributed by atoms with Crippen molar-refractivity contribution in [1.29, 1.82) is 0 Å². The van der Waals surface area contributed by atoms with Crippen LogP contribution in [0.4, 0.5) is 17.6 Å². The van der Waals surface area contributed by atoms with Crippen molar-refractivity contribution in [2.45, 2.75) is 45.1 Å². The fraction of sp³-hybridized carbons (Fsp3) is 0.346. The maximum atomic E-state index is 5.69. The zero-order valence-electron chi connectivity index (χ0n) is 19.0. The number of nitrogens with one attached hydrogen (secondary N) is 2. The van der Waals surface area contributed by atoms with Crippen LogP contribution in [0.3, 0.4) is 0 Å². The molecule has 1 atom stereocenters. The molecule has 0 radical (unpaired) electrons. The average molecular weight is 473 g/mol. The summed E-state index contributed by atoms with van der Waals surface area (Å²) in [6.45, 7) is 4.89. The number of fused-ring (bicyclic) bond motifs is 2. The van der Waals surface area contributed by atoms with Gasteiger partial charge in [0, 0.05) is 45.4 Å². The molecule has 0 aliphatic carbocycles. The van der Waals surface area contributed by atoms with E-state index in [9.17, 15) is 0 Å². The van der Waals surface area contributed by atoms with Crippen LogP contribution < -0.4 is 20.4 Å². The first-order chi connectivity index (χ1) is 16.7. The van der Waals surface area contributed by atoms with Crippen molar-refractivity contribution in [2.75, 3.05) is 28.3 Å². The van der Waals surface area contributed by atoms with Gasteiger partial charge in [-0.2, -0.15) is 9.97 Å². The van der Waals surface area contributed by atoms with Crippen molar-refractivity contribution >= 4 is 34.9 Å². The van der Waals surface area contributed by atoms with Gasteiger partial charge in [-0.05, 0) is 47.3 Å². The minimum Gasteiger partial charge on any atom is -0.376 e. The Morgan fingerprint density at radius 1 is 0.882 bits per heavy atom. The van der Waals surface area contributed by atoms with Crippen LogP contribution in [0.5, 0.6) is 0 Å². The molecule has 0 saturated carbocycles. The largest absolute Gasteiger partial charge is 0.376 e. The lowest BCUT2D eigenvalue weighted by atomic mass is 10.1. The third kappa shape index (κ3) is 4.43. The van der Waals surface area contributed by atoms with E-state index >= 15 is 0 Å². The Morgan fingerprint density at radius 2 is 1.41 bits per heavy atom. The van der Waals surface area contributed by atoms with E-state index in [4.69, 9.17) is 26.9 Å². The van der Waals surface area contributed by atoms with Crippen LogP contribution in [0.2, 0.25) is 0 Å². The van der Waals surface area contributed by atoms with Gasteiger partial charge in [0.2, 0.25) is 5.95 Å². The van der Waals surface area contributed by atoms with Gasteiger partial charge in [0.05, 0.1) is 6.10 Å². The lowest BCUT2D eigenvalue weighted by Gasteiger charge is -2.23. The number of rotatable bonds is 5. The predicted molar refractivity (Wildman–Crippen MR) is 138 cm³/mol. The molecule has 34 heavy (non-hydrogen) atoms. The van der Waals surface area contributed by atoms with Gasteiger partial charge < -0.3 is 25.2 Å². The Balaban J connectivity index is 1.24. The smallest absolute Gasteiger partial charge is 0.232 e. The standard InChI is InChI=1S/C26H28N6OS/c34-26(27-13-22-10-5-11-33-22)30-25-28-23(31-14-18-6-1-2-7-19(18)15-31)12-24(29-25)32-16-20-8-3-4-9-21(20)17-32/h1-4,6-9,12,22H,5,10-11,13-17H2,(H2,27,28,29,30,34)/t22-/m0/s1. The number of aromatic nitrogens is 2. The number of nitrogens with zero attached hydrogens (tertiary/aromatic N) is 4. The summed E-state index contributed by atoms with van der Waals surface area (Å²) in [6.07, 6.45) is 2.39. The number of benzene rings is 2. The maximum absolute atomic E-state index is 5.69. The summed E-state index contributed by atoms with van der Waals surface area (Å²) in [4.78, 5) is 14.3. The van der Waals surface area contributed by atoms with E-state index < -0.39 is 0 Å². The maximum Gasteiger partial charge on any atom is 0.232 e. The Bertz CT molecular complexity index is 1090. The van der Waals surface area contributed by atoms with Crippen LogP contribution >= 0.6 is 12.2 Å². The van der Waals surface area contributed by atoms with Gasteiger partial charge in [0.1, 0.15) is 11.6 Å². The molecule has 1 aromatic heterocycles. The molecule has 0 unspecified atom stereocenters. The minimum atomic E-state index is 0.216. The normalized spacial score (nSPS) is 18.6. The molecule has 0 bridgehead atoms. The lowest BCUT2D eigenvalue weighted by Crippen LogP contribution is -2.35. The third-order valence-corrected chi connectivity index (χ3v) is 7.01. The Morgan fingerprint density at radius 3 is 1.88 bits per heavy atom. The monoisotopic (exact) mass is 472 g/mol. The quantitative estimate of drug-likeness (QED) is 0.541. The topological polar surface area (TPSA) is 65.6 Å². The van der Waals surface area contributed by atoms with Crippen molar-refractivity contribution in [2.24, 2.45) is 0 Å². The third-order valence-electron chi connectivity index (χ3n) is 6.77. The molecule has 0 amide bonds. The Hall–Kier alpha value is -3.23. The van der Waals surface area contributed by atoms with Crippen LogP contribution in [-0.4, -0.2) is 34.3 Å². The Kier molecular flexibility index (Phi) is 5.76. The van der Waals surface area contributed by atoms with Gasteiger partial charge in [0.15, 0.2) is 5.11 Å². The van der Waals surface area contributed by atoms with Gasteiger partial charge in [-0.1, -0.05) is 48.5 Å². The number of thiocarbonyl (C=S) groups is 1. The van der Waals surface area contributed by atoms with Crippen LogP contribution in [0.1, 0.15) is 35.1 Å². The second-order valence-electron chi connectivity index (χ2n) is 9.13. The molecule has 1 fully saturated rings. The zero-order chi connectivity index (χ0) is 22.9. The summed E-state index contributed by atoms with van der Waals surface area (Å²) < 4.78 is 5.69. The van der Waals surface area contributed by atoms with Crippen molar-refractivity contribution in [3.05, 3.63) is 76.9 Å². The van der Waals surface area contributed by atoms with Crippen molar-refractivity contribution < 1.29 is 4.74 Å². The molecule has 3 aliphatic rings. The van der Waals surface area contributed by atoms with E-state index in [1.807, 2.05) is 0 Å². The molecule has 3 aromatic rings. The summed E-state index contributed by atoms with van der Waals surface area (Å²) in [5.74, 6) is 2.33. The van der Waals surface area contributed by atoms with Gasteiger partial charge >= 0.3 is 0 Å². The van der Waals surface area contributed by atoms with Crippen LogP contribution in [0.15, 0.2) is 54.6 Å². The van der Waals surface area contributed by atoms with Gasteiger partial charge in [-0.25, -0.2) is 0 Å². The molecule has 2 N–H and O–H groups in total. The van der Waals surface area contributed by atoms with E-state index in [0.717, 1.165) is 57.3 Å². The molecule has 0 spiro atoms. The molecule has 8 heteroatoms. The molecular formula is C26H28N6OS. The average Bonchev–Trinajstić information content (AvgIpc) is 3.61. The number of anilines is 3. The highest BCUT2D eigenvalue weighted by molar-refractivity contribution is 7.80. The highest BCUT2D eigenvalue weighted by Gasteiger charge is 2.25. The fourth-order valence-electron chi connectivity index (χ4n) is 4.95. The van der Waals surface area contributed by atoms with E-state index in [-0.39, 0.29) is 6.10 Å². The lowest BCUT2D eigenvalue weighted by molar-refractivity contribution is 0.114.